The fraction of sp³-hybridized carbons (Fsp3) is 0.333. The molecule has 136 valence electrons. The molecule has 0 bridgehead atoms. The second-order valence-electron chi connectivity index (χ2n) is 6.61. The first-order valence-corrected chi connectivity index (χ1v) is 9.12. The monoisotopic (exact) mass is 352 g/mol. The quantitative estimate of drug-likeness (QED) is 0.778. The van der Waals surface area contributed by atoms with Crippen molar-refractivity contribution >= 4 is 17.9 Å². The van der Waals surface area contributed by atoms with Crippen molar-refractivity contribution in [3.05, 3.63) is 65.7 Å². The molecule has 2 amide bonds. The highest BCUT2D eigenvalue weighted by Crippen LogP contribution is 2.22. The number of carbonyl (C=O) groups excluding carboxylic acids is 2. The molecule has 5 nitrogen and oxygen atoms in total. The van der Waals surface area contributed by atoms with E-state index < -0.39 is 0 Å². The molecule has 26 heavy (non-hydrogen) atoms. The third-order valence-corrected chi connectivity index (χ3v) is 4.63. The summed E-state index contributed by atoms with van der Waals surface area (Å²) in [6.45, 7) is 0.634. The van der Waals surface area contributed by atoms with Crippen molar-refractivity contribution in [3.63, 3.8) is 0 Å². The largest absolute Gasteiger partial charge is 0.465 e. The predicted octanol–water partition coefficient (Wildman–Crippen LogP) is 3.75. The first kappa shape index (κ1) is 18.0. The third kappa shape index (κ3) is 5.09. The number of rotatable bonds is 6. The Kier molecular flexibility index (Phi) is 6.25. The molecule has 1 saturated carbocycles. The van der Waals surface area contributed by atoms with Gasteiger partial charge in [-0.15, -0.1) is 0 Å². The maximum Gasteiger partial charge on any atom is 0.267 e. The minimum Gasteiger partial charge on any atom is -0.465 e. The fourth-order valence-corrected chi connectivity index (χ4v) is 3.18. The summed E-state index contributed by atoms with van der Waals surface area (Å²) in [6, 6.07) is 12.3. The minimum atomic E-state index is -0.323. The molecule has 3 rings (SSSR count). The van der Waals surface area contributed by atoms with Gasteiger partial charge in [0.15, 0.2) is 0 Å². The van der Waals surface area contributed by atoms with Crippen molar-refractivity contribution < 1.29 is 14.0 Å². The maximum atomic E-state index is 12.6. The highest BCUT2D eigenvalue weighted by atomic mass is 16.3. The lowest BCUT2D eigenvalue weighted by atomic mass is 9.89. The molecule has 0 radical (unpaired) electrons. The lowest BCUT2D eigenvalue weighted by Gasteiger charge is -2.22. The van der Waals surface area contributed by atoms with Crippen LogP contribution >= 0.6 is 0 Å². The van der Waals surface area contributed by atoms with E-state index in [2.05, 4.69) is 10.6 Å². The molecule has 1 aliphatic rings. The Hall–Kier alpha value is -2.82. The maximum absolute atomic E-state index is 12.6. The molecule has 0 unspecified atom stereocenters. The zero-order chi connectivity index (χ0) is 18.2. The summed E-state index contributed by atoms with van der Waals surface area (Å²) < 4.78 is 5.29. The van der Waals surface area contributed by atoms with Crippen LogP contribution in [-0.4, -0.2) is 18.4 Å². The van der Waals surface area contributed by atoms with E-state index in [1.165, 1.54) is 25.5 Å². The topological polar surface area (TPSA) is 71.3 Å². The van der Waals surface area contributed by atoms with Gasteiger partial charge in [-0.2, -0.15) is 0 Å². The van der Waals surface area contributed by atoms with Gasteiger partial charge < -0.3 is 15.1 Å². The number of carbonyl (C=O) groups is 2. The van der Waals surface area contributed by atoms with Gasteiger partial charge in [-0.1, -0.05) is 37.5 Å². The zero-order valence-corrected chi connectivity index (χ0v) is 14.7. The van der Waals surface area contributed by atoms with Gasteiger partial charge in [0, 0.05) is 18.2 Å². The Morgan fingerprint density at radius 2 is 1.81 bits per heavy atom. The van der Waals surface area contributed by atoms with Crippen LogP contribution in [0.4, 0.5) is 0 Å². The average Bonchev–Trinajstić information content (AvgIpc) is 3.20. The summed E-state index contributed by atoms with van der Waals surface area (Å²) in [6.07, 6.45) is 9.10. The van der Waals surface area contributed by atoms with Gasteiger partial charge >= 0.3 is 0 Å². The summed E-state index contributed by atoms with van der Waals surface area (Å²) in [5, 5.41) is 5.67. The first-order valence-electron chi connectivity index (χ1n) is 9.12. The molecular formula is C21H24N2O3. The number of nitrogens with one attached hydrogen (secondary N) is 2. The summed E-state index contributed by atoms with van der Waals surface area (Å²) >= 11 is 0. The van der Waals surface area contributed by atoms with Crippen LogP contribution in [-0.2, 0) is 4.79 Å². The van der Waals surface area contributed by atoms with Crippen molar-refractivity contribution in [2.45, 2.75) is 32.1 Å². The van der Waals surface area contributed by atoms with Crippen LogP contribution in [0.2, 0.25) is 0 Å². The lowest BCUT2D eigenvalue weighted by molar-refractivity contribution is -0.118. The molecule has 1 aromatic carbocycles. The molecule has 0 saturated heterocycles. The summed E-state index contributed by atoms with van der Waals surface area (Å²) in [7, 11) is 0. The van der Waals surface area contributed by atoms with Crippen LogP contribution in [0, 0.1) is 5.92 Å². The van der Waals surface area contributed by atoms with Gasteiger partial charge in [0.25, 0.3) is 11.8 Å². The molecule has 2 aromatic rings. The molecule has 1 heterocycles. The summed E-state index contributed by atoms with van der Waals surface area (Å²) in [5.41, 5.74) is 0.683. The van der Waals surface area contributed by atoms with E-state index in [4.69, 9.17) is 4.42 Å². The Morgan fingerprint density at radius 3 is 2.50 bits per heavy atom. The van der Waals surface area contributed by atoms with Gasteiger partial charge in [-0.3, -0.25) is 9.59 Å². The molecular weight excluding hydrogens is 328 g/mol. The Morgan fingerprint density at radius 1 is 1.04 bits per heavy atom. The van der Waals surface area contributed by atoms with Crippen LogP contribution in [0.1, 0.15) is 48.2 Å². The number of hydrogen-bond donors (Lipinski definition) is 2. The number of furan rings is 1. The standard InChI is InChI=1S/C21H24N2O3/c24-20(17-10-5-2-6-11-17)23-19(14-18-12-7-13-26-18)21(25)22-15-16-8-3-1-4-9-16/h2,5-7,10-14,16H,1,3-4,8-9,15H2,(H,22,25)(H,23,24). The van der Waals surface area contributed by atoms with Crippen molar-refractivity contribution in [1.82, 2.24) is 10.6 Å². The van der Waals surface area contributed by atoms with E-state index in [1.54, 1.807) is 42.5 Å². The van der Waals surface area contributed by atoms with E-state index in [9.17, 15) is 9.59 Å². The van der Waals surface area contributed by atoms with Gasteiger partial charge in [0.2, 0.25) is 0 Å². The van der Waals surface area contributed by atoms with Gasteiger partial charge in [-0.05, 0) is 43.0 Å². The smallest absolute Gasteiger partial charge is 0.267 e. The summed E-state index contributed by atoms with van der Waals surface area (Å²) in [4.78, 5) is 25.1. The second-order valence-corrected chi connectivity index (χ2v) is 6.61. The second kappa shape index (κ2) is 9.04. The normalized spacial score (nSPS) is 15.5. The van der Waals surface area contributed by atoms with Crippen LogP contribution < -0.4 is 10.6 Å². The number of benzene rings is 1. The molecule has 0 aliphatic heterocycles. The van der Waals surface area contributed by atoms with Crippen LogP contribution in [0.5, 0.6) is 0 Å². The highest BCUT2D eigenvalue weighted by Gasteiger charge is 2.18. The van der Waals surface area contributed by atoms with Crippen LogP contribution in [0.15, 0.2) is 58.8 Å². The van der Waals surface area contributed by atoms with Gasteiger partial charge in [-0.25, -0.2) is 0 Å². The Balaban J connectivity index is 1.68. The van der Waals surface area contributed by atoms with E-state index in [0.29, 0.717) is 23.8 Å². The van der Waals surface area contributed by atoms with E-state index >= 15 is 0 Å². The highest BCUT2D eigenvalue weighted by molar-refractivity contribution is 6.05. The van der Waals surface area contributed by atoms with Crippen molar-refractivity contribution in [2.75, 3.05) is 6.54 Å². The SMILES string of the molecule is O=C(NCC1CCCCC1)C(=Cc1ccco1)NC(=O)c1ccccc1. The van der Waals surface area contributed by atoms with Crippen LogP contribution in [0.3, 0.4) is 0 Å². The van der Waals surface area contributed by atoms with E-state index in [1.807, 2.05) is 6.07 Å². The molecule has 2 N–H and O–H groups in total. The minimum absolute atomic E-state index is 0.185. The van der Waals surface area contributed by atoms with Crippen molar-refractivity contribution in [1.29, 1.82) is 0 Å². The fourth-order valence-electron chi connectivity index (χ4n) is 3.18. The molecule has 1 aliphatic carbocycles. The van der Waals surface area contributed by atoms with E-state index in [0.717, 1.165) is 12.8 Å². The molecule has 1 aromatic heterocycles. The average molecular weight is 352 g/mol. The molecule has 0 spiro atoms. The Labute approximate surface area is 153 Å². The first-order chi connectivity index (χ1) is 12.7. The van der Waals surface area contributed by atoms with Gasteiger partial charge in [0.05, 0.1) is 6.26 Å². The van der Waals surface area contributed by atoms with Crippen molar-refractivity contribution in [3.8, 4) is 0 Å². The lowest BCUT2D eigenvalue weighted by Crippen LogP contribution is -2.37. The molecule has 0 atom stereocenters. The molecule has 5 heteroatoms. The number of hydrogen-bond acceptors (Lipinski definition) is 3. The van der Waals surface area contributed by atoms with Gasteiger partial charge in [0.1, 0.15) is 11.5 Å². The van der Waals surface area contributed by atoms with E-state index in [-0.39, 0.29) is 17.5 Å². The predicted molar refractivity (Wildman–Crippen MR) is 100 cm³/mol. The zero-order valence-electron chi connectivity index (χ0n) is 14.7. The molecule has 1 fully saturated rings. The summed E-state index contributed by atoms with van der Waals surface area (Å²) in [5.74, 6) is 0.413. The third-order valence-electron chi connectivity index (χ3n) is 4.63. The number of amides is 2. The Bertz CT molecular complexity index is 745. The van der Waals surface area contributed by atoms with Crippen LogP contribution in [0.25, 0.3) is 6.08 Å². The van der Waals surface area contributed by atoms with Crippen molar-refractivity contribution in [2.24, 2.45) is 5.92 Å².